The molecule has 0 saturated heterocycles. The van der Waals surface area contributed by atoms with Gasteiger partial charge in [-0.3, -0.25) is 9.48 Å². The minimum atomic E-state index is -0.450. The van der Waals surface area contributed by atoms with Gasteiger partial charge in [-0.15, -0.1) is 0 Å². The van der Waals surface area contributed by atoms with E-state index >= 15 is 0 Å². The first kappa shape index (κ1) is 13.3. The number of hydrogen-bond acceptors (Lipinski definition) is 3. The van der Waals surface area contributed by atoms with Gasteiger partial charge in [0.15, 0.2) is 5.78 Å². The highest BCUT2D eigenvalue weighted by Gasteiger charge is 2.11. The molecule has 0 bridgehead atoms. The Morgan fingerprint density at radius 1 is 1.42 bits per heavy atom. The molecular weight excluding hydrogens is 247 g/mol. The summed E-state index contributed by atoms with van der Waals surface area (Å²) in [4.78, 5) is 11.4. The molecule has 0 amide bonds. The molecule has 100 valence electrons. The summed E-state index contributed by atoms with van der Waals surface area (Å²) in [5, 5.41) is 4.20. The third-order valence-corrected chi connectivity index (χ3v) is 2.80. The van der Waals surface area contributed by atoms with Crippen molar-refractivity contribution in [3.63, 3.8) is 0 Å². The number of nitrogens with zero attached hydrogens (tertiary/aromatic N) is 2. The maximum atomic E-state index is 13.1. The molecule has 2 rings (SSSR count). The Morgan fingerprint density at radius 2 is 2.16 bits per heavy atom. The molecule has 0 saturated carbocycles. The van der Waals surface area contributed by atoms with Gasteiger partial charge in [-0.1, -0.05) is 0 Å². The summed E-state index contributed by atoms with van der Waals surface area (Å²) < 4.78 is 20.4. The van der Waals surface area contributed by atoms with Crippen LogP contribution < -0.4 is 4.74 Å². The van der Waals surface area contributed by atoms with Crippen LogP contribution in [0.15, 0.2) is 24.3 Å². The number of carbonyl (C=O) groups is 1. The molecule has 0 aliphatic heterocycles. The van der Waals surface area contributed by atoms with Crippen molar-refractivity contribution in [1.29, 1.82) is 0 Å². The molecule has 0 aliphatic carbocycles. The molecule has 0 atom stereocenters. The van der Waals surface area contributed by atoms with E-state index < -0.39 is 5.82 Å². The van der Waals surface area contributed by atoms with E-state index in [2.05, 4.69) is 5.10 Å². The summed E-state index contributed by atoms with van der Waals surface area (Å²) in [5.41, 5.74) is 2.03. The predicted molar refractivity (Wildman–Crippen MR) is 68.7 cm³/mol. The van der Waals surface area contributed by atoms with Crippen molar-refractivity contribution in [1.82, 2.24) is 9.78 Å². The topological polar surface area (TPSA) is 44.1 Å². The van der Waals surface area contributed by atoms with E-state index in [-0.39, 0.29) is 18.0 Å². The van der Waals surface area contributed by atoms with Gasteiger partial charge in [0.2, 0.25) is 0 Å². The number of carbonyl (C=O) groups excluding carboxylic acids is 1. The van der Waals surface area contributed by atoms with E-state index in [4.69, 9.17) is 4.74 Å². The van der Waals surface area contributed by atoms with Crippen molar-refractivity contribution < 1.29 is 13.9 Å². The second kappa shape index (κ2) is 5.22. The van der Waals surface area contributed by atoms with Crippen LogP contribution in [0.2, 0.25) is 0 Å². The molecule has 4 nitrogen and oxygen atoms in total. The number of halogens is 1. The number of ketones is 1. The zero-order valence-electron chi connectivity index (χ0n) is 11.1. The van der Waals surface area contributed by atoms with Crippen LogP contribution in [0.3, 0.4) is 0 Å². The van der Waals surface area contributed by atoms with Crippen LogP contribution in [-0.2, 0) is 13.7 Å². The van der Waals surface area contributed by atoms with E-state index in [1.165, 1.54) is 25.1 Å². The fraction of sp³-hybridized carbons (Fsp3) is 0.286. The van der Waals surface area contributed by atoms with E-state index in [0.29, 0.717) is 5.75 Å². The number of Topliss-reactive ketones (excluding diaryl/α,β-unsaturated/α-hetero) is 1. The number of rotatable bonds is 4. The van der Waals surface area contributed by atoms with Crippen LogP contribution >= 0.6 is 0 Å². The third kappa shape index (κ3) is 2.99. The van der Waals surface area contributed by atoms with Gasteiger partial charge in [-0.25, -0.2) is 4.39 Å². The summed E-state index contributed by atoms with van der Waals surface area (Å²) in [6, 6.07) is 5.83. The second-order valence-electron chi connectivity index (χ2n) is 4.39. The molecule has 1 aromatic heterocycles. The standard InChI is InChI=1S/C14H15FN2O2/c1-9-6-12(17(3)16-9)8-19-14-5-4-11(15)7-13(14)10(2)18/h4-7H,8H2,1-3H3. The largest absolute Gasteiger partial charge is 0.487 e. The lowest BCUT2D eigenvalue weighted by Gasteiger charge is -2.09. The molecule has 0 N–H and O–H groups in total. The van der Waals surface area contributed by atoms with Crippen molar-refractivity contribution in [2.75, 3.05) is 0 Å². The van der Waals surface area contributed by atoms with Crippen molar-refractivity contribution in [3.05, 3.63) is 47.0 Å². The summed E-state index contributed by atoms with van der Waals surface area (Å²) in [5.74, 6) is -0.294. The highest BCUT2D eigenvalue weighted by Crippen LogP contribution is 2.21. The van der Waals surface area contributed by atoms with Crippen molar-refractivity contribution >= 4 is 5.78 Å². The Labute approximate surface area is 110 Å². The number of hydrogen-bond donors (Lipinski definition) is 0. The van der Waals surface area contributed by atoms with Crippen molar-refractivity contribution in [2.24, 2.45) is 7.05 Å². The Bertz CT molecular complexity index is 620. The van der Waals surface area contributed by atoms with Gasteiger partial charge >= 0.3 is 0 Å². The zero-order chi connectivity index (χ0) is 14.0. The molecule has 0 fully saturated rings. The van der Waals surface area contributed by atoms with E-state index in [0.717, 1.165) is 11.4 Å². The quantitative estimate of drug-likeness (QED) is 0.796. The van der Waals surface area contributed by atoms with Crippen LogP contribution in [0.4, 0.5) is 4.39 Å². The summed E-state index contributed by atoms with van der Waals surface area (Å²) in [6.07, 6.45) is 0. The first-order chi connectivity index (χ1) is 8.97. The molecule has 0 aliphatic rings. The fourth-order valence-electron chi connectivity index (χ4n) is 1.85. The minimum Gasteiger partial charge on any atom is -0.487 e. The molecule has 1 heterocycles. The predicted octanol–water partition coefficient (Wildman–Crippen LogP) is 2.65. The molecular formula is C14H15FN2O2. The van der Waals surface area contributed by atoms with Crippen LogP contribution in [0.1, 0.15) is 28.7 Å². The van der Waals surface area contributed by atoms with Crippen molar-refractivity contribution in [2.45, 2.75) is 20.5 Å². The third-order valence-electron chi connectivity index (χ3n) is 2.80. The first-order valence-corrected chi connectivity index (χ1v) is 5.90. The maximum Gasteiger partial charge on any atom is 0.163 e. The lowest BCUT2D eigenvalue weighted by atomic mass is 10.1. The van der Waals surface area contributed by atoms with Gasteiger partial charge < -0.3 is 4.74 Å². The average molecular weight is 262 g/mol. The number of ether oxygens (including phenoxy) is 1. The Kier molecular flexibility index (Phi) is 3.64. The molecule has 19 heavy (non-hydrogen) atoms. The van der Waals surface area contributed by atoms with Crippen molar-refractivity contribution in [3.8, 4) is 5.75 Å². The van der Waals surface area contributed by atoms with Gasteiger partial charge in [0.05, 0.1) is 17.0 Å². The van der Waals surface area contributed by atoms with E-state index in [1.54, 1.807) is 4.68 Å². The van der Waals surface area contributed by atoms with Crippen LogP contribution in [0, 0.1) is 12.7 Å². The smallest absolute Gasteiger partial charge is 0.163 e. The Morgan fingerprint density at radius 3 is 2.74 bits per heavy atom. The molecule has 0 spiro atoms. The first-order valence-electron chi connectivity index (χ1n) is 5.90. The highest BCUT2D eigenvalue weighted by molar-refractivity contribution is 5.96. The lowest BCUT2D eigenvalue weighted by Crippen LogP contribution is -2.06. The van der Waals surface area contributed by atoms with Gasteiger partial charge in [-0.2, -0.15) is 5.10 Å². The van der Waals surface area contributed by atoms with Gasteiger partial charge in [0, 0.05) is 7.05 Å². The van der Waals surface area contributed by atoms with Crippen LogP contribution in [0.5, 0.6) is 5.75 Å². The minimum absolute atomic E-state index is 0.226. The van der Waals surface area contributed by atoms with Gasteiger partial charge in [0.25, 0.3) is 0 Å². The Balaban J connectivity index is 2.20. The van der Waals surface area contributed by atoms with E-state index in [1.807, 2.05) is 20.0 Å². The number of aryl methyl sites for hydroxylation is 2. The Hall–Kier alpha value is -2.17. The molecule has 5 heteroatoms. The molecule has 0 unspecified atom stereocenters. The van der Waals surface area contributed by atoms with Crippen LogP contribution in [0.25, 0.3) is 0 Å². The number of benzene rings is 1. The summed E-state index contributed by atoms with van der Waals surface area (Å²) >= 11 is 0. The number of aromatic nitrogens is 2. The molecule has 2 aromatic rings. The second-order valence-corrected chi connectivity index (χ2v) is 4.39. The average Bonchev–Trinajstić information content (AvgIpc) is 2.66. The maximum absolute atomic E-state index is 13.1. The summed E-state index contributed by atoms with van der Waals surface area (Å²) in [7, 11) is 1.82. The molecule has 0 radical (unpaired) electrons. The summed E-state index contributed by atoms with van der Waals surface area (Å²) in [6.45, 7) is 3.56. The fourth-order valence-corrected chi connectivity index (χ4v) is 1.85. The zero-order valence-corrected chi connectivity index (χ0v) is 11.1. The normalized spacial score (nSPS) is 10.5. The SMILES string of the molecule is CC(=O)c1cc(F)ccc1OCc1cc(C)nn1C. The van der Waals surface area contributed by atoms with Gasteiger partial charge in [-0.05, 0) is 38.1 Å². The molecule has 1 aromatic carbocycles. The van der Waals surface area contributed by atoms with Gasteiger partial charge in [0.1, 0.15) is 18.2 Å². The van der Waals surface area contributed by atoms with Crippen LogP contribution in [-0.4, -0.2) is 15.6 Å². The highest BCUT2D eigenvalue weighted by atomic mass is 19.1. The monoisotopic (exact) mass is 262 g/mol. The lowest BCUT2D eigenvalue weighted by molar-refractivity contribution is 0.101. The van der Waals surface area contributed by atoms with E-state index in [9.17, 15) is 9.18 Å².